The van der Waals surface area contributed by atoms with Gasteiger partial charge in [-0.15, -0.1) is 0 Å². The summed E-state index contributed by atoms with van der Waals surface area (Å²) in [4.78, 5) is 22.5. The van der Waals surface area contributed by atoms with E-state index in [4.69, 9.17) is 0 Å². The van der Waals surface area contributed by atoms with E-state index >= 15 is 0 Å². The van der Waals surface area contributed by atoms with E-state index in [1.165, 1.54) is 22.0 Å². The minimum absolute atomic E-state index is 0.0433. The normalized spacial score (nSPS) is 20.0. The molecule has 1 amide bonds. The number of aliphatic hydroxyl groups is 1. The van der Waals surface area contributed by atoms with Gasteiger partial charge in [-0.1, -0.05) is 24.3 Å². The van der Waals surface area contributed by atoms with Gasteiger partial charge in [0.05, 0.1) is 30.4 Å². The standard InChI is InChI=1S/C21H23N5O2/c27-20(15-5-8-24(9-6-15)21(28)25-10-7-22-13-25)11-18-16-3-1-2-4-17(16)19-12-23-14-26(18)19/h1-4,7,10,12-15,18,20,27H,5-6,8-9,11H2/t18-,20+/m0/s1. The van der Waals surface area contributed by atoms with Gasteiger partial charge >= 0.3 is 6.03 Å². The smallest absolute Gasteiger partial charge is 0.329 e. The molecule has 1 fully saturated rings. The van der Waals surface area contributed by atoms with Crippen LogP contribution in [0.3, 0.4) is 0 Å². The highest BCUT2D eigenvalue weighted by atomic mass is 16.3. The molecule has 1 saturated heterocycles. The molecule has 0 radical (unpaired) electrons. The van der Waals surface area contributed by atoms with Crippen LogP contribution >= 0.6 is 0 Å². The number of rotatable bonds is 3. The Balaban J connectivity index is 1.25. The van der Waals surface area contributed by atoms with E-state index in [2.05, 4.69) is 32.7 Å². The van der Waals surface area contributed by atoms with Gasteiger partial charge in [-0.3, -0.25) is 4.57 Å². The molecule has 3 aromatic rings. The highest BCUT2D eigenvalue weighted by molar-refractivity contribution is 5.76. The number of benzene rings is 1. The first-order valence-corrected chi connectivity index (χ1v) is 9.79. The van der Waals surface area contributed by atoms with Crippen LogP contribution in [-0.4, -0.2) is 54.3 Å². The highest BCUT2D eigenvalue weighted by Gasteiger charge is 2.34. The van der Waals surface area contributed by atoms with Crippen LogP contribution in [0, 0.1) is 5.92 Å². The second-order valence-corrected chi connectivity index (χ2v) is 7.67. The second-order valence-electron chi connectivity index (χ2n) is 7.67. The quantitative estimate of drug-likeness (QED) is 0.761. The molecule has 0 saturated carbocycles. The fourth-order valence-corrected chi connectivity index (χ4v) is 4.61. The minimum Gasteiger partial charge on any atom is -0.393 e. The highest BCUT2D eigenvalue weighted by Crippen LogP contribution is 2.42. The van der Waals surface area contributed by atoms with Crippen LogP contribution < -0.4 is 0 Å². The van der Waals surface area contributed by atoms with Crippen molar-refractivity contribution < 1.29 is 9.90 Å². The van der Waals surface area contributed by atoms with Crippen molar-refractivity contribution in [3.05, 3.63) is 61.1 Å². The number of hydrogen-bond donors (Lipinski definition) is 1. The number of nitrogens with zero attached hydrogens (tertiary/aromatic N) is 5. The number of fused-ring (bicyclic) bond motifs is 3. The topological polar surface area (TPSA) is 76.2 Å². The molecule has 2 aliphatic rings. The summed E-state index contributed by atoms with van der Waals surface area (Å²) in [6.07, 6.45) is 10.5. The molecule has 2 aromatic heterocycles. The first-order chi connectivity index (χ1) is 13.7. The van der Waals surface area contributed by atoms with Crippen LogP contribution in [0.25, 0.3) is 11.3 Å². The molecular weight excluding hydrogens is 354 g/mol. The number of aromatic nitrogens is 4. The van der Waals surface area contributed by atoms with E-state index < -0.39 is 6.10 Å². The number of carbonyl (C=O) groups is 1. The van der Waals surface area contributed by atoms with Gasteiger partial charge in [-0.25, -0.2) is 14.8 Å². The molecule has 1 N–H and O–H groups in total. The predicted octanol–water partition coefficient (Wildman–Crippen LogP) is 2.78. The summed E-state index contributed by atoms with van der Waals surface area (Å²) >= 11 is 0. The Hall–Kier alpha value is -2.93. The van der Waals surface area contributed by atoms with E-state index in [0.29, 0.717) is 19.5 Å². The number of carbonyl (C=O) groups excluding carboxylic acids is 1. The fraction of sp³-hybridized carbons (Fsp3) is 0.381. The van der Waals surface area contributed by atoms with Crippen LogP contribution in [0.2, 0.25) is 0 Å². The molecule has 5 rings (SSSR count). The fourth-order valence-electron chi connectivity index (χ4n) is 4.61. The maximum absolute atomic E-state index is 12.4. The lowest BCUT2D eigenvalue weighted by molar-refractivity contribution is 0.0540. The minimum atomic E-state index is -0.406. The number of amides is 1. The molecule has 28 heavy (non-hydrogen) atoms. The summed E-state index contributed by atoms with van der Waals surface area (Å²) in [5, 5.41) is 11.0. The van der Waals surface area contributed by atoms with Crippen molar-refractivity contribution in [3.8, 4) is 11.3 Å². The molecule has 2 aliphatic heterocycles. The predicted molar refractivity (Wildman–Crippen MR) is 104 cm³/mol. The summed E-state index contributed by atoms with van der Waals surface area (Å²) in [5.74, 6) is 0.201. The van der Waals surface area contributed by atoms with E-state index in [9.17, 15) is 9.90 Å². The zero-order valence-electron chi connectivity index (χ0n) is 15.6. The summed E-state index contributed by atoms with van der Waals surface area (Å²) in [7, 11) is 0. The van der Waals surface area contributed by atoms with Crippen molar-refractivity contribution in [2.45, 2.75) is 31.4 Å². The Morgan fingerprint density at radius 3 is 2.79 bits per heavy atom. The van der Waals surface area contributed by atoms with Crippen LogP contribution in [-0.2, 0) is 0 Å². The van der Waals surface area contributed by atoms with Crippen molar-refractivity contribution in [3.63, 3.8) is 0 Å². The van der Waals surface area contributed by atoms with Gasteiger partial charge in [-0.05, 0) is 30.7 Å². The van der Waals surface area contributed by atoms with E-state index in [0.717, 1.165) is 18.5 Å². The molecule has 0 bridgehead atoms. The number of hydrogen-bond acceptors (Lipinski definition) is 4. The molecule has 7 nitrogen and oxygen atoms in total. The Labute approximate surface area is 163 Å². The van der Waals surface area contributed by atoms with E-state index in [1.54, 1.807) is 12.4 Å². The Morgan fingerprint density at radius 2 is 2.00 bits per heavy atom. The second kappa shape index (κ2) is 6.91. The zero-order chi connectivity index (χ0) is 19.1. The van der Waals surface area contributed by atoms with Crippen LogP contribution in [0.5, 0.6) is 0 Å². The van der Waals surface area contributed by atoms with Crippen LogP contribution in [0.15, 0.2) is 55.5 Å². The van der Waals surface area contributed by atoms with E-state index in [-0.39, 0.29) is 18.0 Å². The largest absolute Gasteiger partial charge is 0.393 e. The van der Waals surface area contributed by atoms with Crippen LogP contribution in [0.1, 0.15) is 30.9 Å². The molecule has 4 heterocycles. The van der Waals surface area contributed by atoms with Crippen molar-refractivity contribution in [1.82, 2.24) is 24.0 Å². The molecule has 1 aromatic carbocycles. The lowest BCUT2D eigenvalue weighted by Gasteiger charge is -2.35. The van der Waals surface area contributed by atoms with Gasteiger partial charge in [0.15, 0.2) is 0 Å². The molecule has 0 spiro atoms. The summed E-state index contributed by atoms with van der Waals surface area (Å²) in [6, 6.07) is 8.44. The molecule has 0 aliphatic carbocycles. The summed E-state index contributed by atoms with van der Waals surface area (Å²) in [6.45, 7) is 1.33. The van der Waals surface area contributed by atoms with Gasteiger partial charge in [0.25, 0.3) is 0 Å². The lowest BCUT2D eigenvalue weighted by Crippen LogP contribution is -2.43. The zero-order valence-corrected chi connectivity index (χ0v) is 15.6. The van der Waals surface area contributed by atoms with E-state index in [1.807, 2.05) is 23.5 Å². The van der Waals surface area contributed by atoms with Crippen molar-refractivity contribution in [2.75, 3.05) is 13.1 Å². The van der Waals surface area contributed by atoms with Gasteiger partial charge in [0.2, 0.25) is 0 Å². The first kappa shape index (κ1) is 17.2. The molecular formula is C21H23N5O2. The van der Waals surface area contributed by atoms with Crippen LogP contribution in [0.4, 0.5) is 4.79 Å². The molecule has 144 valence electrons. The monoisotopic (exact) mass is 377 g/mol. The number of imidazole rings is 2. The summed E-state index contributed by atoms with van der Waals surface area (Å²) in [5.41, 5.74) is 3.58. The van der Waals surface area contributed by atoms with Gasteiger partial charge < -0.3 is 14.6 Å². The molecule has 0 unspecified atom stereocenters. The van der Waals surface area contributed by atoms with Gasteiger partial charge in [-0.2, -0.15) is 0 Å². The first-order valence-electron chi connectivity index (χ1n) is 9.79. The third-order valence-corrected chi connectivity index (χ3v) is 6.14. The van der Waals surface area contributed by atoms with Gasteiger partial charge in [0, 0.05) is 31.0 Å². The Kier molecular flexibility index (Phi) is 4.24. The number of piperidine rings is 1. The summed E-state index contributed by atoms with van der Waals surface area (Å²) < 4.78 is 3.68. The Bertz CT molecular complexity index is 972. The maximum Gasteiger partial charge on any atom is 0.329 e. The number of aliphatic hydroxyl groups excluding tert-OH is 1. The average Bonchev–Trinajstić information content (AvgIpc) is 3.47. The van der Waals surface area contributed by atoms with Crippen molar-refractivity contribution >= 4 is 6.03 Å². The van der Waals surface area contributed by atoms with Crippen molar-refractivity contribution in [2.24, 2.45) is 5.92 Å². The maximum atomic E-state index is 12.4. The third-order valence-electron chi connectivity index (χ3n) is 6.14. The molecule has 7 heteroatoms. The Morgan fingerprint density at radius 1 is 1.18 bits per heavy atom. The molecule has 2 atom stereocenters. The number of likely N-dealkylation sites (tertiary alicyclic amines) is 1. The SMILES string of the molecule is O=C(N1CCC([C@H](O)C[C@H]2c3ccccc3-c3cncn32)CC1)n1ccnc1. The third kappa shape index (κ3) is 2.82. The van der Waals surface area contributed by atoms with Gasteiger partial charge in [0.1, 0.15) is 6.33 Å². The lowest BCUT2D eigenvalue weighted by atomic mass is 9.86. The average molecular weight is 377 g/mol. The van der Waals surface area contributed by atoms with Crippen molar-refractivity contribution in [1.29, 1.82) is 0 Å².